The third kappa shape index (κ3) is 3.32. The molecule has 0 aromatic carbocycles. The van der Waals surface area contributed by atoms with Crippen molar-refractivity contribution in [3.63, 3.8) is 0 Å². The molecule has 1 rings (SSSR count). The fourth-order valence-electron chi connectivity index (χ4n) is 2.20. The summed E-state index contributed by atoms with van der Waals surface area (Å²) in [6.07, 6.45) is 1.45. The molecule has 0 fully saturated rings. The molecule has 3 nitrogen and oxygen atoms in total. The van der Waals surface area contributed by atoms with Crippen LogP contribution in [0.5, 0.6) is 0 Å². The first-order valence-corrected chi connectivity index (χ1v) is 6.38. The number of aryl methyl sites for hydroxylation is 2. The summed E-state index contributed by atoms with van der Waals surface area (Å²) in [5, 5.41) is 13.9. The Bertz CT molecular complexity index is 369. The van der Waals surface area contributed by atoms with Crippen LogP contribution in [0.4, 0.5) is 0 Å². The van der Waals surface area contributed by atoms with Gasteiger partial charge in [0.1, 0.15) is 0 Å². The summed E-state index contributed by atoms with van der Waals surface area (Å²) < 4.78 is 3.01. The monoisotopic (exact) mass is 288 g/mol. The molecule has 92 valence electrons. The van der Waals surface area contributed by atoms with Gasteiger partial charge >= 0.3 is 0 Å². The van der Waals surface area contributed by atoms with E-state index < -0.39 is 0 Å². The summed E-state index contributed by atoms with van der Waals surface area (Å²) in [5.74, 6) is 0. The number of hydrogen-bond acceptors (Lipinski definition) is 2. The van der Waals surface area contributed by atoms with Crippen LogP contribution in [0.2, 0.25) is 0 Å². The maximum Gasteiger partial charge on any atom is 0.0738 e. The second kappa shape index (κ2) is 4.88. The van der Waals surface area contributed by atoms with Gasteiger partial charge in [0.2, 0.25) is 0 Å². The van der Waals surface area contributed by atoms with Crippen LogP contribution in [-0.2, 0) is 13.5 Å². The van der Waals surface area contributed by atoms with Gasteiger partial charge in [0.25, 0.3) is 0 Å². The minimum absolute atomic E-state index is 0.0803. The number of aliphatic hydroxyl groups excluding tert-OH is 1. The van der Waals surface area contributed by atoms with Crippen molar-refractivity contribution in [2.24, 2.45) is 12.5 Å². The van der Waals surface area contributed by atoms with E-state index in [0.717, 1.165) is 23.0 Å². The van der Waals surface area contributed by atoms with Crippen molar-refractivity contribution < 1.29 is 5.11 Å². The first-order chi connectivity index (χ1) is 7.23. The first-order valence-electron chi connectivity index (χ1n) is 5.59. The SMILES string of the molecule is Cc1nn(C)c(CC(C)(C)CC(C)O)c1Br. The third-order valence-corrected chi connectivity index (χ3v) is 3.79. The van der Waals surface area contributed by atoms with Gasteiger partial charge < -0.3 is 5.11 Å². The second-order valence-electron chi connectivity index (χ2n) is 5.36. The smallest absolute Gasteiger partial charge is 0.0738 e. The Balaban J connectivity index is 2.87. The molecule has 0 bridgehead atoms. The summed E-state index contributed by atoms with van der Waals surface area (Å²) >= 11 is 3.57. The lowest BCUT2D eigenvalue weighted by molar-refractivity contribution is 0.128. The molecular weight excluding hydrogens is 268 g/mol. The van der Waals surface area contributed by atoms with E-state index >= 15 is 0 Å². The number of aromatic nitrogens is 2. The van der Waals surface area contributed by atoms with Crippen molar-refractivity contribution in [1.29, 1.82) is 0 Å². The Morgan fingerprint density at radius 2 is 2.06 bits per heavy atom. The lowest BCUT2D eigenvalue weighted by Crippen LogP contribution is -2.22. The van der Waals surface area contributed by atoms with Crippen molar-refractivity contribution in [3.05, 3.63) is 15.9 Å². The highest BCUT2D eigenvalue weighted by atomic mass is 79.9. The highest BCUT2D eigenvalue weighted by molar-refractivity contribution is 9.10. The molecule has 0 saturated heterocycles. The van der Waals surface area contributed by atoms with Gasteiger partial charge in [-0.2, -0.15) is 5.10 Å². The summed E-state index contributed by atoms with van der Waals surface area (Å²) in [6.45, 7) is 8.18. The van der Waals surface area contributed by atoms with E-state index in [0.29, 0.717) is 0 Å². The molecule has 0 aliphatic rings. The van der Waals surface area contributed by atoms with Crippen molar-refractivity contribution in [2.75, 3.05) is 0 Å². The van der Waals surface area contributed by atoms with Gasteiger partial charge in [-0.05, 0) is 48.0 Å². The van der Waals surface area contributed by atoms with Crippen LogP contribution >= 0.6 is 15.9 Å². The summed E-state index contributed by atoms with van der Waals surface area (Å²) in [4.78, 5) is 0. The van der Waals surface area contributed by atoms with Crippen LogP contribution in [-0.4, -0.2) is 21.0 Å². The van der Waals surface area contributed by atoms with Crippen LogP contribution < -0.4 is 0 Å². The molecule has 1 N–H and O–H groups in total. The van der Waals surface area contributed by atoms with Gasteiger partial charge in [-0.25, -0.2) is 0 Å². The summed E-state index contributed by atoms with van der Waals surface area (Å²) in [6, 6.07) is 0. The predicted octanol–water partition coefficient (Wildman–Crippen LogP) is 2.83. The van der Waals surface area contributed by atoms with E-state index in [1.807, 2.05) is 25.6 Å². The molecule has 16 heavy (non-hydrogen) atoms. The largest absolute Gasteiger partial charge is 0.393 e. The molecule has 1 atom stereocenters. The molecule has 1 unspecified atom stereocenters. The van der Waals surface area contributed by atoms with Crippen molar-refractivity contribution in [3.8, 4) is 0 Å². The van der Waals surface area contributed by atoms with Crippen LogP contribution in [0.15, 0.2) is 4.47 Å². The van der Waals surface area contributed by atoms with Crippen molar-refractivity contribution >= 4 is 15.9 Å². The lowest BCUT2D eigenvalue weighted by atomic mass is 9.82. The molecule has 0 amide bonds. The Kier molecular flexibility index (Phi) is 4.18. The number of hydrogen-bond donors (Lipinski definition) is 1. The fourth-order valence-corrected chi connectivity index (χ4v) is 2.67. The Hall–Kier alpha value is -0.350. The molecule has 4 heteroatoms. The number of rotatable bonds is 4. The van der Waals surface area contributed by atoms with Gasteiger partial charge in [0.05, 0.1) is 22.0 Å². The minimum atomic E-state index is -0.261. The molecule has 0 spiro atoms. The zero-order chi connectivity index (χ0) is 12.5. The Labute approximate surface area is 106 Å². The van der Waals surface area contributed by atoms with Crippen LogP contribution in [0.25, 0.3) is 0 Å². The molecule has 1 aromatic rings. The topological polar surface area (TPSA) is 38.0 Å². The van der Waals surface area contributed by atoms with Crippen molar-refractivity contribution in [1.82, 2.24) is 9.78 Å². The zero-order valence-electron chi connectivity index (χ0n) is 10.7. The van der Waals surface area contributed by atoms with E-state index in [9.17, 15) is 5.11 Å². The van der Waals surface area contributed by atoms with E-state index in [1.54, 1.807) is 0 Å². The van der Waals surface area contributed by atoms with Crippen LogP contribution in [0, 0.1) is 12.3 Å². The van der Waals surface area contributed by atoms with Gasteiger partial charge in [-0.15, -0.1) is 0 Å². The quantitative estimate of drug-likeness (QED) is 0.925. The van der Waals surface area contributed by atoms with Gasteiger partial charge in [-0.3, -0.25) is 4.68 Å². The zero-order valence-corrected chi connectivity index (χ0v) is 12.3. The second-order valence-corrected chi connectivity index (χ2v) is 6.16. The molecule has 0 aliphatic carbocycles. The average Bonchev–Trinajstić information content (AvgIpc) is 2.29. The van der Waals surface area contributed by atoms with Gasteiger partial charge in [-0.1, -0.05) is 13.8 Å². The fraction of sp³-hybridized carbons (Fsp3) is 0.750. The summed E-state index contributed by atoms with van der Waals surface area (Å²) in [7, 11) is 1.96. The molecule has 0 saturated carbocycles. The minimum Gasteiger partial charge on any atom is -0.393 e. The summed E-state index contributed by atoms with van der Waals surface area (Å²) in [5.41, 5.74) is 2.30. The normalized spacial score (nSPS) is 14.2. The maximum absolute atomic E-state index is 9.48. The van der Waals surface area contributed by atoms with E-state index in [1.165, 1.54) is 5.69 Å². The highest BCUT2D eigenvalue weighted by Crippen LogP contribution is 2.31. The Morgan fingerprint density at radius 3 is 2.44 bits per heavy atom. The van der Waals surface area contributed by atoms with Gasteiger partial charge in [0.15, 0.2) is 0 Å². The number of nitrogens with zero attached hydrogens (tertiary/aromatic N) is 2. The first kappa shape index (κ1) is 13.7. The lowest BCUT2D eigenvalue weighted by Gasteiger charge is -2.26. The Morgan fingerprint density at radius 1 is 1.50 bits per heavy atom. The predicted molar refractivity (Wildman–Crippen MR) is 69.4 cm³/mol. The molecule has 0 radical (unpaired) electrons. The van der Waals surface area contributed by atoms with E-state index in [2.05, 4.69) is 34.9 Å². The average molecular weight is 289 g/mol. The maximum atomic E-state index is 9.48. The van der Waals surface area contributed by atoms with Crippen LogP contribution in [0.3, 0.4) is 0 Å². The van der Waals surface area contributed by atoms with Gasteiger partial charge in [0, 0.05) is 7.05 Å². The highest BCUT2D eigenvalue weighted by Gasteiger charge is 2.24. The molecule has 0 aliphatic heterocycles. The van der Waals surface area contributed by atoms with Crippen molar-refractivity contribution in [2.45, 2.75) is 46.6 Å². The molecule has 1 heterocycles. The van der Waals surface area contributed by atoms with E-state index in [4.69, 9.17) is 0 Å². The van der Waals surface area contributed by atoms with E-state index in [-0.39, 0.29) is 11.5 Å². The number of halogens is 1. The standard InChI is InChI=1S/C12H21BrN2O/c1-8(16)6-12(3,4)7-10-11(13)9(2)14-15(10)5/h8,16H,6-7H2,1-5H3. The molecule has 1 aromatic heterocycles. The third-order valence-electron chi connectivity index (χ3n) is 2.76. The number of aliphatic hydroxyl groups is 1. The van der Waals surface area contributed by atoms with Crippen LogP contribution in [0.1, 0.15) is 38.6 Å². The molecular formula is C12H21BrN2O.